The van der Waals surface area contributed by atoms with Crippen molar-refractivity contribution in [2.45, 2.75) is 25.1 Å². The van der Waals surface area contributed by atoms with Gasteiger partial charge in [0.05, 0.1) is 17.0 Å². The third-order valence-corrected chi connectivity index (χ3v) is 6.27. The van der Waals surface area contributed by atoms with Crippen molar-refractivity contribution in [3.63, 3.8) is 0 Å². The Balaban J connectivity index is 1.46. The van der Waals surface area contributed by atoms with E-state index in [1.807, 2.05) is 0 Å². The standard InChI is InChI=1S/C26H23F3N6O2/c1-2-21(36)34-12-4-6-18(14-34)35-25-22(24(30)31-15-32-25)23(33-35)16-8-10-19(11-9-16)37-20-7-3-5-17(13-20)26(27,28)29/h2-3,5,7-11,13,15,18H,1,4,6,12,14H2,(H2,30,31,32)/t18-/m1/s1. The minimum absolute atomic E-state index is 0.0749. The van der Waals surface area contributed by atoms with E-state index in [1.165, 1.54) is 24.5 Å². The number of carbonyl (C=O) groups excluding carboxylic acids is 1. The largest absolute Gasteiger partial charge is 0.457 e. The molecule has 37 heavy (non-hydrogen) atoms. The number of hydrogen-bond donors (Lipinski definition) is 1. The molecule has 1 saturated heterocycles. The van der Waals surface area contributed by atoms with Gasteiger partial charge in [-0.05, 0) is 61.4 Å². The smallest absolute Gasteiger partial charge is 0.416 e. The van der Waals surface area contributed by atoms with E-state index in [4.69, 9.17) is 15.6 Å². The molecule has 2 aromatic carbocycles. The Kier molecular flexibility index (Phi) is 6.28. The van der Waals surface area contributed by atoms with E-state index >= 15 is 0 Å². The molecule has 190 valence electrons. The van der Waals surface area contributed by atoms with Crippen LogP contribution in [0.5, 0.6) is 11.5 Å². The zero-order valence-corrected chi connectivity index (χ0v) is 19.7. The fourth-order valence-electron chi connectivity index (χ4n) is 4.49. The molecule has 2 aromatic heterocycles. The number of piperidine rings is 1. The van der Waals surface area contributed by atoms with Crippen molar-refractivity contribution in [3.8, 4) is 22.8 Å². The molecular weight excluding hydrogens is 485 g/mol. The number of amides is 1. The van der Waals surface area contributed by atoms with Crippen molar-refractivity contribution in [2.24, 2.45) is 0 Å². The highest BCUT2D eigenvalue weighted by Gasteiger charge is 2.31. The van der Waals surface area contributed by atoms with Gasteiger partial charge in [0.1, 0.15) is 29.3 Å². The average Bonchev–Trinajstić information content (AvgIpc) is 3.29. The molecule has 0 aliphatic carbocycles. The summed E-state index contributed by atoms with van der Waals surface area (Å²) in [6, 6.07) is 11.4. The summed E-state index contributed by atoms with van der Waals surface area (Å²) in [4.78, 5) is 22.5. The van der Waals surface area contributed by atoms with E-state index in [0.29, 0.717) is 41.1 Å². The fourth-order valence-corrected chi connectivity index (χ4v) is 4.49. The maximum absolute atomic E-state index is 13.0. The lowest BCUT2D eigenvalue weighted by Crippen LogP contribution is -2.40. The Morgan fingerprint density at radius 1 is 1.14 bits per heavy atom. The Morgan fingerprint density at radius 2 is 1.92 bits per heavy atom. The van der Waals surface area contributed by atoms with Gasteiger partial charge in [0.25, 0.3) is 0 Å². The van der Waals surface area contributed by atoms with E-state index in [2.05, 4.69) is 16.5 Å². The van der Waals surface area contributed by atoms with Crippen LogP contribution < -0.4 is 10.5 Å². The third-order valence-electron chi connectivity index (χ3n) is 6.27. The minimum atomic E-state index is -4.46. The van der Waals surface area contributed by atoms with Crippen molar-refractivity contribution in [3.05, 3.63) is 73.1 Å². The molecular formula is C26H23F3N6O2. The molecule has 8 nitrogen and oxygen atoms in total. The van der Waals surface area contributed by atoms with Gasteiger partial charge in [0.15, 0.2) is 5.65 Å². The number of rotatable bonds is 5. The van der Waals surface area contributed by atoms with Gasteiger partial charge in [0, 0.05) is 18.7 Å². The number of benzene rings is 2. The maximum Gasteiger partial charge on any atom is 0.416 e. The van der Waals surface area contributed by atoms with Crippen molar-refractivity contribution < 1.29 is 22.7 Å². The van der Waals surface area contributed by atoms with E-state index in [-0.39, 0.29) is 23.5 Å². The van der Waals surface area contributed by atoms with Crippen LogP contribution in [0.1, 0.15) is 24.4 Å². The highest BCUT2D eigenvalue weighted by molar-refractivity contribution is 5.98. The van der Waals surface area contributed by atoms with Crippen LogP contribution in [0.25, 0.3) is 22.3 Å². The summed E-state index contributed by atoms with van der Waals surface area (Å²) in [6.45, 7) is 4.69. The van der Waals surface area contributed by atoms with Crippen molar-refractivity contribution in [2.75, 3.05) is 18.8 Å². The second-order valence-electron chi connectivity index (χ2n) is 8.69. The normalized spacial score (nSPS) is 16.1. The number of fused-ring (bicyclic) bond motifs is 1. The van der Waals surface area contributed by atoms with Crippen LogP contribution in [-0.4, -0.2) is 43.6 Å². The minimum Gasteiger partial charge on any atom is -0.457 e. The summed E-state index contributed by atoms with van der Waals surface area (Å²) in [5, 5.41) is 5.40. The summed E-state index contributed by atoms with van der Waals surface area (Å²) in [6.07, 6.45) is -0.160. The lowest BCUT2D eigenvalue weighted by Gasteiger charge is -2.32. The summed E-state index contributed by atoms with van der Waals surface area (Å²) in [5.74, 6) is 0.574. The Hall–Kier alpha value is -4.41. The van der Waals surface area contributed by atoms with Crippen LogP contribution in [0.15, 0.2) is 67.5 Å². The number of nitrogens with two attached hydrogens (primary N) is 1. The van der Waals surface area contributed by atoms with Crippen LogP contribution in [0.4, 0.5) is 19.0 Å². The van der Waals surface area contributed by atoms with Gasteiger partial charge >= 0.3 is 6.18 Å². The lowest BCUT2D eigenvalue weighted by atomic mass is 10.1. The van der Waals surface area contributed by atoms with Crippen molar-refractivity contribution in [1.29, 1.82) is 0 Å². The number of carbonyl (C=O) groups is 1. The van der Waals surface area contributed by atoms with Gasteiger partial charge in [-0.3, -0.25) is 4.79 Å². The molecule has 11 heteroatoms. The first-order chi connectivity index (χ1) is 17.7. The quantitative estimate of drug-likeness (QED) is 0.371. The van der Waals surface area contributed by atoms with E-state index < -0.39 is 11.7 Å². The molecule has 0 spiro atoms. The summed E-state index contributed by atoms with van der Waals surface area (Å²) < 4.78 is 46.5. The average molecular weight is 509 g/mol. The number of aromatic nitrogens is 4. The number of alkyl halides is 3. The van der Waals surface area contributed by atoms with Gasteiger partial charge in [-0.15, -0.1) is 0 Å². The van der Waals surface area contributed by atoms with Gasteiger partial charge in [-0.25, -0.2) is 14.6 Å². The highest BCUT2D eigenvalue weighted by atomic mass is 19.4. The Labute approximate surface area is 210 Å². The molecule has 0 saturated carbocycles. The van der Waals surface area contributed by atoms with Gasteiger partial charge in [-0.2, -0.15) is 18.3 Å². The second-order valence-corrected chi connectivity index (χ2v) is 8.69. The monoisotopic (exact) mass is 508 g/mol. The SMILES string of the molecule is C=CC(=O)N1CCC[C@@H](n2nc(-c3ccc(Oc4cccc(C(F)(F)F)c4)cc3)c3c(N)ncnc32)C1. The number of ether oxygens (including phenoxy) is 1. The van der Waals surface area contributed by atoms with Crippen molar-refractivity contribution >= 4 is 22.8 Å². The molecule has 0 radical (unpaired) electrons. The highest BCUT2D eigenvalue weighted by Crippen LogP contribution is 2.36. The first-order valence-corrected chi connectivity index (χ1v) is 11.6. The number of nitrogens with zero attached hydrogens (tertiary/aromatic N) is 5. The summed E-state index contributed by atoms with van der Waals surface area (Å²) >= 11 is 0. The van der Waals surface area contributed by atoms with Crippen LogP contribution in [-0.2, 0) is 11.0 Å². The molecule has 0 bridgehead atoms. The number of hydrogen-bond acceptors (Lipinski definition) is 6. The molecule has 0 unspecified atom stereocenters. The predicted molar refractivity (Wildman–Crippen MR) is 132 cm³/mol. The van der Waals surface area contributed by atoms with Crippen LogP contribution in [0.3, 0.4) is 0 Å². The molecule has 1 amide bonds. The Morgan fingerprint density at radius 3 is 2.65 bits per heavy atom. The number of halogens is 3. The lowest BCUT2D eigenvalue weighted by molar-refractivity contribution is -0.137. The predicted octanol–water partition coefficient (Wildman–Crippen LogP) is 5.24. The van der Waals surface area contributed by atoms with Gasteiger partial charge < -0.3 is 15.4 Å². The van der Waals surface area contributed by atoms with E-state index in [0.717, 1.165) is 25.0 Å². The zero-order valence-electron chi connectivity index (χ0n) is 19.7. The zero-order chi connectivity index (χ0) is 26.2. The molecule has 1 atom stereocenters. The first-order valence-electron chi connectivity index (χ1n) is 11.6. The van der Waals surface area contributed by atoms with Gasteiger partial charge in [0.2, 0.25) is 5.91 Å². The summed E-state index contributed by atoms with van der Waals surface area (Å²) in [5.41, 5.74) is 7.26. The number of anilines is 1. The van der Waals surface area contributed by atoms with Gasteiger partial charge in [-0.1, -0.05) is 12.6 Å². The first kappa shape index (κ1) is 24.3. The molecule has 1 fully saturated rings. The molecule has 5 rings (SSSR count). The fraction of sp³-hybridized carbons (Fsp3) is 0.231. The Bertz CT molecular complexity index is 1470. The molecule has 3 heterocycles. The molecule has 1 aliphatic heterocycles. The maximum atomic E-state index is 13.0. The van der Waals surface area contributed by atoms with Crippen LogP contribution >= 0.6 is 0 Å². The van der Waals surface area contributed by atoms with E-state index in [9.17, 15) is 18.0 Å². The third kappa shape index (κ3) is 4.84. The van der Waals surface area contributed by atoms with Crippen LogP contribution in [0.2, 0.25) is 0 Å². The molecule has 1 aliphatic rings. The van der Waals surface area contributed by atoms with Crippen molar-refractivity contribution in [1.82, 2.24) is 24.6 Å². The molecule has 4 aromatic rings. The number of likely N-dealkylation sites (tertiary alicyclic amines) is 1. The molecule has 2 N–H and O–H groups in total. The van der Waals surface area contributed by atoms with Crippen LogP contribution in [0, 0.1) is 0 Å². The number of nitrogen functional groups attached to an aromatic ring is 1. The second kappa shape index (κ2) is 9.57. The topological polar surface area (TPSA) is 99.2 Å². The van der Waals surface area contributed by atoms with E-state index in [1.54, 1.807) is 33.8 Å². The summed E-state index contributed by atoms with van der Waals surface area (Å²) in [7, 11) is 0.